The van der Waals surface area contributed by atoms with Gasteiger partial charge in [-0.3, -0.25) is 0 Å². The van der Waals surface area contributed by atoms with Crippen LogP contribution in [0.25, 0.3) is 0 Å². The minimum absolute atomic E-state index is 0.821. The summed E-state index contributed by atoms with van der Waals surface area (Å²) in [5.74, 6) is 1.93. The molecule has 0 bridgehead atoms. The van der Waals surface area contributed by atoms with Crippen molar-refractivity contribution in [1.29, 1.82) is 0 Å². The molecule has 2 N–H and O–H groups in total. The molecule has 1 heterocycles. The molecule has 1 aliphatic heterocycles. The second-order valence-corrected chi connectivity index (χ2v) is 6.82. The van der Waals surface area contributed by atoms with Crippen LogP contribution in [0.5, 0.6) is 0 Å². The lowest BCUT2D eigenvalue weighted by Gasteiger charge is -2.36. The molecule has 0 aromatic carbocycles. The van der Waals surface area contributed by atoms with E-state index in [1.165, 1.54) is 64.3 Å². The Labute approximate surface area is 112 Å². The molecule has 2 saturated carbocycles. The van der Waals surface area contributed by atoms with E-state index in [0.29, 0.717) is 0 Å². The summed E-state index contributed by atoms with van der Waals surface area (Å²) in [5.41, 5.74) is 0. The molecule has 3 rings (SSSR count). The maximum atomic E-state index is 4.01. The van der Waals surface area contributed by atoms with Gasteiger partial charge in [0.15, 0.2) is 0 Å². The minimum atomic E-state index is 0.821. The summed E-state index contributed by atoms with van der Waals surface area (Å²) >= 11 is 0. The summed E-state index contributed by atoms with van der Waals surface area (Å²) < 4.78 is 0. The van der Waals surface area contributed by atoms with Gasteiger partial charge in [0.05, 0.1) is 0 Å². The first-order valence-corrected chi connectivity index (χ1v) is 8.38. The Morgan fingerprint density at radius 3 is 2.72 bits per heavy atom. The second-order valence-electron chi connectivity index (χ2n) is 6.82. The summed E-state index contributed by atoms with van der Waals surface area (Å²) in [5, 5.41) is 7.76. The van der Waals surface area contributed by atoms with Crippen molar-refractivity contribution in [2.75, 3.05) is 6.54 Å². The first-order chi connectivity index (χ1) is 8.88. The van der Waals surface area contributed by atoms with Gasteiger partial charge >= 0.3 is 0 Å². The van der Waals surface area contributed by atoms with Gasteiger partial charge in [-0.2, -0.15) is 0 Å². The number of nitrogens with one attached hydrogen (secondary N) is 2. The van der Waals surface area contributed by atoms with Gasteiger partial charge in [0.25, 0.3) is 0 Å². The van der Waals surface area contributed by atoms with Crippen molar-refractivity contribution in [2.45, 2.75) is 82.8 Å². The van der Waals surface area contributed by atoms with Crippen molar-refractivity contribution in [3.63, 3.8) is 0 Å². The summed E-state index contributed by atoms with van der Waals surface area (Å²) in [7, 11) is 0. The molecule has 3 aliphatic rings. The van der Waals surface area contributed by atoms with E-state index in [1.807, 2.05) is 0 Å². The molecule has 5 atom stereocenters. The highest BCUT2D eigenvalue weighted by Crippen LogP contribution is 2.38. The van der Waals surface area contributed by atoms with Crippen LogP contribution in [0, 0.1) is 11.8 Å². The molecular weight excluding hydrogens is 220 g/mol. The quantitative estimate of drug-likeness (QED) is 0.783. The van der Waals surface area contributed by atoms with Crippen LogP contribution >= 0.6 is 0 Å². The van der Waals surface area contributed by atoms with E-state index >= 15 is 0 Å². The molecular formula is C16H30N2. The fraction of sp³-hybridized carbons (Fsp3) is 1.00. The lowest BCUT2D eigenvalue weighted by molar-refractivity contribution is 0.211. The zero-order chi connectivity index (χ0) is 12.4. The highest BCUT2D eigenvalue weighted by Gasteiger charge is 2.41. The van der Waals surface area contributed by atoms with Crippen LogP contribution in [-0.2, 0) is 0 Å². The largest absolute Gasteiger partial charge is 0.314 e. The normalized spacial score (nSPS) is 44.2. The van der Waals surface area contributed by atoms with Gasteiger partial charge in [-0.1, -0.05) is 26.2 Å². The third-order valence-electron chi connectivity index (χ3n) is 5.44. The van der Waals surface area contributed by atoms with Crippen LogP contribution in [0.3, 0.4) is 0 Å². The molecule has 0 aromatic heterocycles. The third-order valence-corrected chi connectivity index (χ3v) is 5.44. The van der Waals surface area contributed by atoms with E-state index in [1.54, 1.807) is 0 Å². The van der Waals surface area contributed by atoms with Gasteiger partial charge in [0.2, 0.25) is 0 Å². The molecule has 2 nitrogen and oxygen atoms in total. The van der Waals surface area contributed by atoms with E-state index in [0.717, 1.165) is 30.0 Å². The third kappa shape index (κ3) is 2.91. The topological polar surface area (TPSA) is 24.1 Å². The van der Waals surface area contributed by atoms with E-state index in [4.69, 9.17) is 0 Å². The van der Waals surface area contributed by atoms with E-state index in [-0.39, 0.29) is 0 Å². The molecule has 0 amide bonds. The Morgan fingerprint density at radius 2 is 1.94 bits per heavy atom. The fourth-order valence-corrected chi connectivity index (χ4v) is 4.34. The van der Waals surface area contributed by atoms with Gasteiger partial charge in [-0.15, -0.1) is 0 Å². The molecule has 1 saturated heterocycles. The van der Waals surface area contributed by atoms with Gasteiger partial charge in [-0.25, -0.2) is 0 Å². The zero-order valence-corrected chi connectivity index (χ0v) is 12.0. The summed E-state index contributed by atoms with van der Waals surface area (Å²) in [6, 6.07) is 2.52. The smallest absolute Gasteiger partial charge is 0.0113 e. The maximum Gasteiger partial charge on any atom is 0.0113 e. The van der Waals surface area contributed by atoms with Crippen molar-refractivity contribution < 1.29 is 0 Å². The highest BCUT2D eigenvalue weighted by atomic mass is 15.0. The van der Waals surface area contributed by atoms with E-state index in [9.17, 15) is 0 Å². The lowest BCUT2D eigenvalue weighted by Crippen LogP contribution is -2.48. The Hall–Kier alpha value is -0.0800. The van der Waals surface area contributed by atoms with Crippen LogP contribution in [0.15, 0.2) is 0 Å². The van der Waals surface area contributed by atoms with Crippen molar-refractivity contribution in [3.05, 3.63) is 0 Å². The monoisotopic (exact) mass is 250 g/mol. The number of hydrogen-bond acceptors (Lipinski definition) is 2. The second kappa shape index (κ2) is 5.92. The Balaban J connectivity index is 1.52. The first-order valence-electron chi connectivity index (χ1n) is 8.38. The lowest BCUT2D eigenvalue weighted by atomic mass is 9.79. The van der Waals surface area contributed by atoms with Gasteiger partial charge in [-0.05, 0) is 56.9 Å². The first kappa shape index (κ1) is 12.9. The molecule has 18 heavy (non-hydrogen) atoms. The maximum absolute atomic E-state index is 4.01. The van der Waals surface area contributed by atoms with E-state index in [2.05, 4.69) is 17.6 Å². The Bertz CT molecular complexity index is 260. The van der Waals surface area contributed by atoms with Crippen LogP contribution in [-0.4, -0.2) is 24.7 Å². The Kier molecular flexibility index (Phi) is 4.25. The molecule has 2 aliphatic carbocycles. The molecule has 0 aromatic rings. The van der Waals surface area contributed by atoms with Crippen molar-refractivity contribution >= 4 is 0 Å². The predicted octanol–water partition coefficient (Wildman–Crippen LogP) is 3.08. The van der Waals surface area contributed by atoms with Gasteiger partial charge in [0.1, 0.15) is 0 Å². The molecule has 5 unspecified atom stereocenters. The average Bonchev–Trinajstić information content (AvgIpc) is 2.92. The predicted molar refractivity (Wildman–Crippen MR) is 76.7 cm³/mol. The minimum Gasteiger partial charge on any atom is -0.314 e. The number of hydrogen-bond donors (Lipinski definition) is 2. The average molecular weight is 250 g/mol. The van der Waals surface area contributed by atoms with Crippen LogP contribution in [0.4, 0.5) is 0 Å². The Morgan fingerprint density at radius 1 is 1.06 bits per heavy atom. The molecule has 3 fully saturated rings. The molecule has 0 radical (unpaired) electrons. The summed E-state index contributed by atoms with van der Waals surface area (Å²) in [4.78, 5) is 0. The van der Waals surface area contributed by atoms with Crippen molar-refractivity contribution in [1.82, 2.24) is 10.6 Å². The van der Waals surface area contributed by atoms with E-state index < -0.39 is 0 Å². The fourth-order valence-electron chi connectivity index (χ4n) is 4.34. The van der Waals surface area contributed by atoms with Crippen molar-refractivity contribution in [2.24, 2.45) is 11.8 Å². The van der Waals surface area contributed by atoms with Crippen LogP contribution < -0.4 is 10.6 Å². The SMILES string of the molecule is CCCC1CC1NC1CCCCC1C1CCCN1. The van der Waals surface area contributed by atoms with Crippen LogP contribution in [0.1, 0.15) is 64.7 Å². The van der Waals surface area contributed by atoms with Crippen molar-refractivity contribution in [3.8, 4) is 0 Å². The molecule has 0 spiro atoms. The molecule has 2 heteroatoms. The summed E-state index contributed by atoms with van der Waals surface area (Å²) in [6.45, 7) is 3.58. The van der Waals surface area contributed by atoms with Crippen LogP contribution in [0.2, 0.25) is 0 Å². The standard InChI is InChI=1S/C16H30N2/c1-2-6-12-11-16(12)18-15-8-4-3-7-13(15)14-9-5-10-17-14/h12-18H,2-11H2,1H3. The van der Waals surface area contributed by atoms with Gasteiger partial charge < -0.3 is 10.6 Å². The number of rotatable bonds is 5. The molecule has 104 valence electrons. The zero-order valence-electron chi connectivity index (χ0n) is 12.0. The highest BCUT2D eigenvalue weighted by molar-refractivity contribution is 4.99. The van der Waals surface area contributed by atoms with Gasteiger partial charge in [0, 0.05) is 18.1 Å². The summed E-state index contributed by atoms with van der Waals surface area (Å²) in [6.07, 6.45) is 12.9.